The van der Waals surface area contributed by atoms with Gasteiger partial charge in [0.15, 0.2) is 5.65 Å². The fraction of sp³-hybridized carbons (Fsp3) is 0.200. The summed E-state index contributed by atoms with van der Waals surface area (Å²) in [7, 11) is -2.14. The molecular formula is C30H26ClN7O4S2. The third-order valence-corrected chi connectivity index (χ3v) is 9.58. The van der Waals surface area contributed by atoms with E-state index in [4.69, 9.17) is 27.2 Å². The normalized spacial score (nSPS) is 14.2. The van der Waals surface area contributed by atoms with Crippen molar-refractivity contribution in [1.82, 2.24) is 24.1 Å². The molecule has 6 aromatic rings. The molecule has 11 nitrogen and oxygen atoms in total. The minimum Gasteiger partial charge on any atom is -0.495 e. The summed E-state index contributed by atoms with van der Waals surface area (Å²) in [5, 5.41) is 7.71. The lowest BCUT2D eigenvalue weighted by atomic mass is 9.94. The molecule has 44 heavy (non-hydrogen) atoms. The van der Waals surface area contributed by atoms with Crippen molar-refractivity contribution in [3.63, 3.8) is 0 Å². The third kappa shape index (κ3) is 4.86. The number of fused-ring (bicyclic) bond motifs is 2. The van der Waals surface area contributed by atoms with Crippen LogP contribution in [0.2, 0.25) is 5.15 Å². The second kappa shape index (κ2) is 10.6. The molecule has 0 amide bonds. The average Bonchev–Trinajstić information content (AvgIpc) is 3.65. The van der Waals surface area contributed by atoms with Crippen LogP contribution in [0.4, 0.5) is 11.5 Å². The number of rotatable bonds is 8. The van der Waals surface area contributed by atoms with Crippen molar-refractivity contribution in [2.24, 2.45) is 5.92 Å². The summed E-state index contributed by atoms with van der Waals surface area (Å²) in [6.07, 6.45) is 4.33. The zero-order valence-corrected chi connectivity index (χ0v) is 25.9. The molecule has 0 unspecified atom stereocenters. The molecule has 1 aliphatic rings. The van der Waals surface area contributed by atoms with Gasteiger partial charge in [-0.1, -0.05) is 41.9 Å². The minimum atomic E-state index is -3.60. The maximum atomic E-state index is 14.1. The second-order valence-corrected chi connectivity index (χ2v) is 13.7. The molecular weight excluding hydrogens is 622 g/mol. The number of hydrogen-bond donors (Lipinski definition) is 2. The standard InChI is InChI=1S/C30H26ClN7O4S2/c1-42-21-11-10-18(12-20(21)36-44(2,40)41)26-25-28(32)33-15-34-29(25)38(35-26)27(17-8-9-17)19-13-23-37(22(31)14-43-23)30(39)24(19)16-6-4-3-5-7-16/h3-7,10-15,17,27,36H,8-9H2,1-2H3,(H2,32,33,34)/t27-/m0/s1. The van der Waals surface area contributed by atoms with Gasteiger partial charge in [-0.25, -0.2) is 23.1 Å². The van der Waals surface area contributed by atoms with Crippen molar-refractivity contribution in [3.05, 3.63) is 87.4 Å². The molecule has 1 saturated carbocycles. The van der Waals surface area contributed by atoms with Crippen LogP contribution >= 0.6 is 22.9 Å². The molecule has 0 radical (unpaired) electrons. The lowest BCUT2D eigenvalue weighted by Gasteiger charge is -2.22. The van der Waals surface area contributed by atoms with E-state index in [9.17, 15) is 13.2 Å². The molecule has 0 bridgehead atoms. The number of nitrogens with two attached hydrogens (primary N) is 1. The van der Waals surface area contributed by atoms with E-state index >= 15 is 0 Å². The number of thiazole rings is 1. The largest absolute Gasteiger partial charge is 0.495 e. The van der Waals surface area contributed by atoms with Crippen LogP contribution in [-0.4, -0.2) is 45.9 Å². The molecule has 0 aliphatic heterocycles. The van der Waals surface area contributed by atoms with Crippen molar-refractivity contribution in [2.75, 3.05) is 23.8 Å². The predicted octanol–water partition coefficient (Wildman–Crippen LogP) is 5.45. The lowest BCUT2D eigenvalue weighted by molar-refractivity contribution is 0.417. The van der Waals surface area contributed by atoms with Crippen molar-refractivity contribution >= 4 is 60.3 Å². The van der Waals surface area contributed by atoms with Crippen molar-refractivity contribution in [2.45, 2.75) is 18.9 Å². The van der Waals surface area contributed by atoms with E-state index < -0.39 is 10.0 Å². The molecule has 0 saturated heterocycles. The smallest absolute Gasteiger partial charge is 0.265 e. The fourth-order valence-electron chi connectivity index (χ4n) is 5.71. The summed E-state index contributed by atoms with van der Waals surface area (Å²) in [5.74, 6) is 0.752. The Kier molecular flexibility index (Phi) is 6.83. The van der Waals surface area contributed by atoms with Crippen LogP contribution in [0.3, 0.4) is 0 Å². The van der Waals surface area contributed by atoms with E-state index in [-0.39, 0.29) is 29.0 Å². The van der Waals surface area contributed by atoms with Gasteiger partial charge in [-0.2, -0.15) is 5.10 Å². The van der Waals surface area contributed by atoms with Gasteiger partial charge in [0.25, 0.3) is 5.56 Å². The molecule has 7 rings (SSSR count). The Morgan fingerprint density at radius 3 is 2.59 bits per heavy atom. The minimum absolute atomic E-state index is 0.181. The number of benzene rings is 2. The summed E-state index contributed by atoms with van der Waals surface area (Å²) in [4.78, 5) is 23.7. The molecule has 4 heterocycles. The highest BCUT2D eigenvalue weighted by atomic mass is 35.5. The second-order valence-electron chi connectivity index (χ2n) is 10.7. The number of aromatic nitrogens is 5. The summed E-state index contributed by atoms with van der Waals surface area (Å²) < 4.78 is 35.5. The Morgan fingerprint density at radius 1 is 1.11 bits per heavy atom. The first-order valence-corrected chi connectivity index (χ1v) is 16.8. The summed E-state index contributed by atoms with van der Waals surface area (Å²) in [6.45, 7) is 0. The maximum Gasteiger partial charge on any atom is 0.265 e. The van der Waals surface area contributed by atoms with E-state index in [1.165, 1.54) is 29.2 Å². The predicted molar refractivity (Wildman–Crippen MR) is 173 cm³/mol. The van der Waals surface area contributed by atoms with Crippen molar-refractivity contribution in [1.29, 1.82) is 0 Å². The Labute approximate surface area is 261 Å². The van der Waals surface area contributed by atoms with E-state index in [1.54, 1.807) is 23.6 Å². The molecule has 3 N–H and O–H groups in total. The van der Waals surface area contributed by atoms with Gasteiger partial charge in [0.05, 0.1) is 36.0 Å². The number of anilines is 2. The molecule has 1 fully saturated rings. The highest BCUT2D eigenvalue weighted by molar-refractivity contribution is 7.92. The highest BCUT2D eigenvalue weighted by Gasteiger charge is 2.39. The fourth-order valence-corrected chi connectivity index (χ4v) is 7.42. The van der Waals surface area contributed by atoms with E-state index in [2.05, 4.69) is 14.7 Å². The van der Waals surface area contributed by atoms with Gasteiger partial charge in [0.1, 0.15) is 33.6 Å². The van der Waals surface area contributed by atoms with Crippen LogP contribution in [0.5, 0.6) is 5.75 Å². The first-order valence-electron chi connectivity index (χ1n) is 13.7. The van der Waals surface area contributed by atoms with E-state index in [0.29, 0.717) is 38.8 Å². The highest BCUT2D eigenvalue weighted by Crippen LogP contribution is 2.48. The van der Waals surface area contributed by atoms with Crippen LogP contribution in [0.25, 0.3) is 38.2 Å². The van der Waals surface area contributed by atoms with Crippen molar-refractivity contribution in [3.8, 4) is 28.1 Å². The average molecular weight is 648 g/mol. The number of methoxy groups -OCH3 is 1. The van der Waals surface area contributed by atoms with Gasteiger partial charge >= 0.3 is 0 Å². The van der Waals surface area contributed by atoms with Crippen LogP contribution in [-0.2, 0) is 10.0 Å². The SMILES string of the molecule is COc1ccc(-c2nn([C@H](c3cc4scc(Cl)n4c(=O)c3-c3ccccc3)C3CC3)c3ncnc(N)c23)cc1NS(C)(=O)=O. The van der Waals surface area contributed by atoms with E-state index in [1.807, 2.05) is 41.1 Å². The quantitative estimate of drug-likeness (QED) is 0.222. The number of halogens is 1. The molecule has 4 aromatic heterocycles. The Morgan fingerprint density at radius 2 is 1.89 bits per heavy atom. The molecule has 224 valence electrons. The molecule has 2 aromatic carbocycles. The Hall–Kier alpha value is -4.46. The van der Waals surface area contributed by atoms with Gasteiger partial charge < -0.3 is 10.5 Å². The number of pyridine rings is 1. The summed E-state index contributed by atoms with van der Waals surface area (Å²) >= 11 is 7.87. The topological polar surface area (TPSA) is 146 Å². The molecule has 1 atom stereocenters. The zero-order chi connectivity index (χ0) is 30.7. The lowest BCUT2D eigenvalue weighted by Crippen LogP contribution is -2.23. The van der Waals surface area contributed by atoms with Gasteiger partial charge in [-0.05, 0) is 54.2 Å². The van der Waals surface area contributed by atoms with Crippen LogP contribution < -0.4 is 20.8 Å². The Bertz CT molecular complexity index is 2240. The van der Waals surface area contributed by atoms with Crippen LogP contribution in [0.15, 0.2) is 71.1 Å². The number of nitrogens with one attached hydrogen (secondary N) is 1. The third-order valence-electron chi connectivity index (χ3n) is 7.70. The number of nitrogens with zero attached hydrogens (tertiary/aromatic N) is 5. The first kappa shape index (κ1) is 28.3. The van der Waals surface area contributed by atoms with E-state index in [0.717, 1.165) is 35.1 Å². The van der Waals surface area contributed by atoms with Crippen LogP contribution in [0.1, 0.15) is 24.4 Å². The van der Waals surface area contributed by atoms with Gasteiger partial charge in [0.2, 0.25) is 10.0 Å². The summed E-state index contributed by atoms with van der Waals surface area (Å²) in [5.41, 5.74) is 10.2. The number of nitrogen functional groups attached to an aromatic ring is 1. The Balaban J connectivity index is 1.50. The van der Waals surface area contributed by atoms with Gasteiger partial charge in [-0.15, -0.1) is 11.3 Å². The monoisotopic (exact) mass is 647 g/mol. The zero-order valence-electron chi connectivity index (χ0n) is 23.6. The molecule has 1 aliphatic carbocycles. The number of hydrogen-bond acceptors (Lipinski definition) is 9. The van der Waals surface area contributed by atoms with Gasteiger partial charge in [-0.3, -0.25) is 13.9 Å². The summed E-state index contributed by atoms with van der Waals surface area (Å²) in [6, 6.07) is 16.3. The maximum absolute atomic E-state index is 14.1. The van der Waals surface area contributed by atoms with Crippen LogP contribution in [0, 0.1) is 5.92 Å². The van der Waals surface area contributed by atoms with Crippen molar-refractivity contribution < 1.29 is 13.2 Å². The first-order chi connectivity index (χ1) is 21.1. The van der Waals surface area contributed by atoms with Gasteiger partial charge in [0, 0.05) is 10.9 Å². The molecule has 14 heteroatoms. The molecule has 0 spiro atoms. The number of sulfonamides is 1. The number of ether oxygens (including phenoxy) is 1.